The molecule has 0 saturated carbocycles. The van der Waals surface area contributed by atoms with Gasteiger partial charge in [0, 0.05) is 19.8 Å². The van der Waals surface area contributed by atoms with E-state index in [0.717, 1.165) is 16.8 Å². The molecule has 2 aromatic carbocycles. The number of rotatable bonds is 5. The highest BCUT2D eigenvalue weighted by atomic mass is 16.5. The van der Waals surface area contributed by atoms with Gasteiger partial charge in [-0.2, -0.15) is 0 Å². The minimum absolute atomic E-state index is 0.239. The largest absolute Gasteiger partial charge is 0.462 e. The number of anilines is 1. The normalized spacial score (nSPS) is 15.1. The van der Waals surface area contributed by atoms with Crippen molar-refractivity contribution in [1.29, 1.82) is 0 Å². The average Bonchev–Trinajstić information content (AvgIpc) is 2.99. The summed E-state index contributed by atoms with van der Waals surface area (Å²) in [5, 5.41) is 2.82. The summed E-state index contributed by atoms with van der Waals surface area (Å²) in [6.07, 6.45) is 1.72. The molecule has 0 saturated heterocycles. The van der Waals surface area contributed by atoms with E-state index in [1.165, 1.54) is 0 Å². The fraction of sp³-hybridized carbons (Fsp3) is 0.182. The maximum absolute atomic E-state index is 12.6. The van der Waals surface area contributed by atoms with Gasteiger partial charge in [0.15, 0.2) is 0 Å². The highest BCUT2D eigenvalue weighted by Gasteiger charge is 2.33. The van der Waals surface area contributed by atoms with Crippen LogP contribution >= 0.6 is 0 Å². The highest BCUT2D eigenvalue weighted by Crippen LogP contribution is 2.31. The van der Waals surface area contributed by atoms with Crippen LogP contribution in [0.5, 0.6) is 0 Å². The quantitative estimate of drug-likeness (QED) is 0.655. The van der Waals surface area contributed by atoms with Gasteiger partial charge in [-0.3, -0.25) is 4.79 Å². The highest BCUT2D eigenvalue weighted by molar-refractivity contribution is 6.23. The number of benzene rings is 2. The van der Waals surface area contributed by atoms with Crippen molar-refractivity contribution in [3.05, 3.63) is 76.9 Å². The van der Waals surface area contributed by atoms with Gasteiger partial charge in [0.05, 0.1) is 23.5 Å². The minimum Gasteiger partial charge on any atom is -0.462 e. The van der Waals surface area contributed by atoms with E-state index in [0.29, 0.717) is 11.3 Å². The molecule has 0 unspecified atom stereocenters. The summed E-state index contributed by atoms with van der Waals surface area (Å²) in [7, 11) is 3.93. The summed E-state index contributed by atoms with van der Waals surface area (Å²) < 4.78 is 5.21. The number of hydrogen-bond acceptors (Lipinski definition) is 4. The molecule has 1 amide bonds. The number of hydrogen-bond donors (Lipinski definition) is 1. The molecule has 5 heteroatoms. The lowest BCUT2D eigenvalue weighted by Crippen LogP contribution is -2.15. The van der Waals surface area contributed by atoms with E-state index in [1.54, 1.807) is 13.0 Å². The SMILES string of the molecule is CCOC(=O)C1=C(c2ccccc2)NC(=O)/C1=C\c1ccc(N(C)C)cc1. The first-order valence-electron chi connectivity index (χ1n) is 8.79. The predicted molar refractivity (Wildman–Crippen MR) is 107 cm³/mol. The molecule has 5 nitrogen and oxygen atoms in total. The number of amides is 1. The molecule has 1 heterocycles. The van der Waals surface area contributed by atoms with Crippen LogP contribution in [0.1, 0.15) is 18.1 Å². The summed E-state index contributed by atoms with van der Waals surface area (Å²) in [6.45, 7) is 1.98. The second-order valence-corrected chi connectivity index (χ2v) is 6.33. The third-order valence-corrected chi connectivity index (χ3v) is 4.27. The molecule has 27 heavy (non-hydrogen) atoms. The van der Waals surface area contributed by atoms with E-state index in [2.05, 4.69) is 5.32 Å². The van der Waals surface area contributed by atoms with Crippen LogP contribution in [-0.2, 0) is 14.3 Å². The third-order valence-electron chi connectivity index (χ3n) is 4.27. The maximum atomic E-state index is 12.6. The van der Waals surface area contributed by atoms with Gasteiger partial charge in [0.25, 0.3) is 5.91 Å². The summed E-state index contributed by atoms with van der Waals surface area (Å²) >= 11 is 0. The molecule has 0 fully saturated rings. The van der Waals surface area contributed by atoms with E-state index in [1.807, 2.05) is 73.6 Å². The molecular formula is C22H22N2O3. The van der Waals surface area contributed by atoms with Gasteiger partial charge >= 0.3 is 5.97 Å². The molecule has 0 bridgehead atoms. The van der Waals surface area contributed by atoms with Gasteiger partial charge in [-0.1, -0.05) is 42.5 Å². The van der Waals surface area contributed by atoms with Crippen molar-refractivity contribution in [3.8, 4) is 0 Å². The zero-order valence-electron chi connectivity index (χ0n) is 15.7. The molecule has 0 radical (unpaired) electrons. The molecule has 3 rings (SSSR count). The van der Waals surface area contributed by atoms with Crippen LogP contribution in [0.4, 0.5) is 5.69 Å². The van der Waals surface area contributed by atoms with Crippen molar-refractivity contribution < 1.29 is 14.3 Å². The number of esters is 1. The zero-order valence-corrected chi connectivity index (χ0v) is 15.7. The Kier molecular flexibility index (Phi) is 5.41. The first kappa shape index (κ1) is 18.5. The van der Waals surface area contributed by atoms with Crippen LogP contribution in [0.2, 0.25) is 0 Å². The summed E-state index contributed by atoms with van der Waals surface area (Å²) in [4.78, 5) is 27.2. The number of carbonyl (C=O) groups excluding carboxylic acids is 2. The lowest BCUT2D eigenvalue weighted by Gasteiger charge is -2.12. The molecule has 138 valence electrons. The van der Waals surface area contributed by atoms with E-state index in [4.69, 9.17) is 4.74 Å². The maximum Gasteiger partial charge on any atom is 0.341 e. The van der Waals surface area contributed by atoms with E-state index >= 15 is 0 Å². The lowest BCUT2D eigenvalue weighted by molar-refractivity contribution is -0.138. The Morgan fingerprint density at radius 1 is 1.07 bits per heavy atom. The Hall–Kier alpha value is -3.34. The Labute approximate surface area is 158 Å². The van der Waals surface area contributed by atoms with E-state index in [9.17, 15) is 9.59 Å². The molecule has 0 spiro atoms. The van der Waals surface area contributed by atoms with Gasteiger partial charge in [0.2, 0.25) is 0 Å². The Morgan fingerprint density at radius 2 is 1.74 bits per heavy atom. The van der Waals surface area contributed by atoms with Crippen LogP contribution in [-0.4, -0.2) is 32.6 Å². The molecule has 2 aromatic rings. The summed E-state index contributed by atoms with van der Waals surface area (Å²) in [5.41, 5.74) is 3.71. The first-order valence-corrected chi connectivity index (χ1v) is 8.79. The van der Waals surface area contributed by atoms with Crippen LogP contribution < -0.4 is 10.2 Å². The van der Waals surface area contributed by atoms with Gasteiger partial charge in [-0.25, -0.2) is 4.79 Å². The average molecular weight is 362 g/mol. The zero-order chi connectivity index (χ0) is 19.4. The second-order valence-electron chi connectivity index (χ2n) is 6.33. The Bertz CT molecular complexity index is 910. The number of nitrogens with one attached hydrogen (secondary N) is 1. The number of ether oxygens (including phenoxy) is 1. The molecule has 1 aliphatic rings. The van der Waals surface area contributed by atoms with Crippen LogP contribution in [0, 0.1) is 0 Å². The standard InChI is InChI=1S/C22H22N2O3/c1-4-27-22(26)19-18(14-15-10-12-17(13-11-15)24(2)3)21(25)23-20(19)16-8-6-5-7-9-16/h5-14H,4H2,1-3H3,(H,23,25)/b18-14-. The van der Waals surface area contributed by atoms with Crippen molar-refractivity contribution in [2.75, 3.05) is 25.6 Å². The smallest absolute Gasteiger partial charge is 0.341 e. The Balaban J connectivity index is 2.07. The second kappa shape index (κ2) is 7.91. The van der Waals surface area contributed by atoms with Crippen LogP contribution in [0.25, 0.3) is 11.8 Å². The topological polar surface area (TPSA) is 58.6 Å². The van der Waals surface area contributed by atoms with Gasteiger partial charge in [-0.05, 0) is 36.3 Å². The summed E-state index contributed by atoms with van der Waals surface area (Å²) in [5.74, 6) is -0.820. The molecule has 0 aromatic heterocycles. The molecule has 0 aliphatic carbocycles. The van der Waals surface area contributed by atoms with Crippen LogP contribution in [0.3, 0.4) is 0 Å². The number of nitrogens with zero attached hydrogens (tertiary/aromatic N) is 1. The predicted octanol–water partition coefficient (Wildman–Crippen LogP) is 3.24. The van der Waals surface area contributed by atoms with Crippen molar-refractivity contribution >= 4 is 29.3 Å². The van der Waals surface area contributed by atoms with Crippen molar-refractivity contribution in [1.82, 2.24) is 5.32 Å². The Morgan fingerprint density at radius 3 is 2.33 bits per heavy atom. The molecular weight excluding hydrogens is 340 g/mol. The minimum atomic E-state index is -0.508. The summed E-state index contributed by atoms with van der Waals surface area (Å²) in [6, 6.07) is 17.1. The molecule has 1 N–H and O–H groups in total. The van der Waals surface area contributed by atoms with Gasteiger partial charge in [0.1, 0.15) is 0 Å². The van der Waals surface area contributed by atoms with Gasteiger partial charge < -0.3 is 15.0 Å². The lowest BCUT2D eigenvalue weighted by atomic mass is 10.0. The van der Waals surface area contributed by atoms with Crippen molar-refractivity contribution in [3.63, 3.8) is 0 Å². The monoisotopic (exact) mass is 362 g/mol. The fourth-order valence-corrected chi connectivity index (χ4v) is 2.90. The molecule has 0 atom stereocenters. The van der Waals surface area contributed by atoms with E-state index < -0.39 is 5.97 Å². The number of carbonyl (C=O) groups is 2. The van der Waals surface area contributed by atoms with E-state index in [-0.39, 0.29) is 18.1 Å². The van der Waals surface area contributed by atoms with Crippen LogP contribution in [0.15, 0.2) is 65.7 Å². The third kappa shape index (κ3) is 3.92. The fourth-order valence-electron chi connectivity index (χ4n) is 2.90. The van der Waals surface area contributed by atoms with Crippen molar-refractivity contribution in [2.45, 2.75) is 6.92 Å². The van der Waals surface area contributed by atoms with Gasteiger partial charge in [-0.15, -0.1) is 0 Å². The van der Waals surface area contributed by atoms with Crippen molar-refractivity contribution in [2.24, 2.45) is 0 Å². The molecule has 1 aliphatic heterocycles. The first-order chi connectivity index (χ1) is 13.0.